The summed E-state index contributed by atoms with van der Waals surface area (Å²) in [4.78, 5) is 2.51. The number of benzene rings is 1. The summed E-state index contributed by atoms with van der Waals surface area (Å²) in [5.74, 6) is 0. The Kier molecular flexibility index (Phi) is 5.01. The molecule has 0 spiro atoms. The van der Waals surface area contributed by atoms with Gasteiger partial charge < -0.3 is 10.2 Å². The molecule has 2 rings (SSSR count). The molecule has 20 heavy (non-hydrogen) atoms. The van der Waals surface area contributed by atoms with Gasteiger partial charge in [0.15, 0.2) is 0 Å². The molecule has 112 valence electrons. The SMILES string of the molecule is CCN(C)CCNc1ccccc1S(=O)(=O)NC1CC1. The Morgan fingerprint density at radius 1 is 1.30 bits per heavy atom. The van der Waals surface area contributed by atoms with Gasteiger partial charge >= 0.3 is 0 Å². The van der Waals surface area contributed by atoms with E-state index in [9.17, 15) is 8.42 Å². The molecule has 1 saturated carbocycles. The number of likely N-dealkylation sites (N-methyl/N-ethyl adjacent to an activating group) is 1. The molecule has 0 amide bonds. The van der Waals surface area contributed by atoms with Gasteiger partial charge in [-0.3, -0.25) is 0 Å². The van der Waals surface area contributed by atoms with Gasteiger partial charge in [-0.15, -0.1) is 0 Å². The molecule has 1 aliphatic carbocycles. The lowest BCUT2D eigenvalue weighted by molar-refractivity contribution is 0.367. The Morgan fingerprint density at radius 2 is 2.00 bits per heavy atom. The van der Waals surface area contributed by atoms with Crippen LogP contribution in [0.2, 0.25) is 0 Å². The fourth-order valence-electron chi connectivity index (χ4n) is 1.87. The molecular formula is C14H23N3O2S. The van der Waals surface area contributed by atoms with E-state index in [1.165, 1.54) is 0 Å². The van der Waals surface area contributed by atoms with Crippen LogP contribution in [0.25, 0.3) is 0 Å². The van der Waals surface area contributed by atoms with Crippen LogP contribution in [0.1, 0.15) is 19.8 Å². The summed E-state index contributed by atoms with van der Waals surface area (Å²) in [6.45, 7) is 4.67. The van der Waals surface area contributed by atoms with E-state index in [2.05, 4.69) is 21.9 Å². The van der Waals surface area contributed by atoms with Crippen LogP contribution >= 0.6 is 0 Å². The summed E-state index contributed by atoms with van der Waals surface area (Å²) >= 11 is 0. The second kappa shape index (κ2) is 6.56. The third-order valence-corrected chi connectivity index (χ3v) is 5.00. The maximum atomic E-state index is 12.3. The minimum Gasteiger partial charge on any atom is -0.383 e. The van der Waals surface area contributed by atoms with Gasteiger partial charge in [0.2, 0.25) is 10.0 Å². The number of nitrogens with zero attached hydrogens (tertiary/aromatic N) is 1. The van der Waals surface area contributed by atoms with Crippen LogP contribution in [0.15, 0.2) is 29.2 Å². The third-order valence-electron chi connectivity index (χ3n) is 3.42. The maximum absolute atomic E-state index is 12.3. The molecule has 1 aromatic carbocycles. The lowest BCUT2D eigenvalue weighted by atomic mass is 10.3. The minimum atomic E-state index is -3.41. The van der Waals surface area contributed by atoms with Crippen molar-refractivity contribution in [3.8, 4) is 0 Å². The Balaban J connectivity index is 2.05. The molecule has 0 saturated heterocycles. The molecule has 6 heteroatoms. The van der Waals surface area contributed by atoms with E-state index < -0.39 is 10.0 Å². The molecule has 0 atom stereocenters. The average Bonchev–Trinajstić information content (AvgIpc) is 3.22. The summed E-state index contributed by atoms with van der Waals surface area (Å²) in [6, 6.07) is 7.19. The molecule has 1 aliphatic rings. The highest BCUT2D eigenvalue weighted by atomic mass is 32.2. The second-order valence-corrected chi connectivity index (χ2v) is 6.90. The summed E-state index contributed by atoms with van der Waals surface area (Å²) in [6.07, 6.45) is 1.88. The fraction of sp³-hybridized carbons (Fsp3) is 0.571. The number of nitrogens with one attached hydrogen (secondary N) is 2. The van der Waals surface area contributed by atoms with E-state index in [0.29, 0.717) is 10.6 Å². The summed E-state index contributed by atoms with van der Waals surface area (Å²) < 4.78 is 27.3. The molecule has 2 N–H and O–H groups in total. The Morgan fingerprint density at radius 3 is 2.65 bits per heavy atom. The lowest BCUT2D eigenvalue weighted by Crippen LogP contribution is -2.28. The fourth-order valence-corrected chi connectivity index (χ4v) is 3.36. The van der Waals surface area contributed by atoms with Gasteiger partial charge in [-0.05, 0) is 38.6 Å². The van der Waals surface area contributed by atoms with Crippen LogP contribution in [-0.2, 0) is 10.0 Å². The average molecular weight is 297 g/mol. The number of rotatable bonds is 8. The zero-order valence-electron chi connectivity index (χ0n) is 12.1. The van der Waals surface area contributed by atoms with Crippen molar-refractivity contribution in [3.63, 3.8) is 0 Å². The van der Waals surface area contributed by atoms with Gasteiger partial charge in [0.25, 0.3) is 0 Å². The molecule has 0 heterocycles. The quantitative estimate of drug-likeness (QED) is 0.763. The Hall–Kier alpha value is -1.11. The molecule has 1 fully saturated rings. The molecular weight excluding hydrogens is 274 g/mol. The van der Waals surface area contributed by atoms with Gasteiger partial charge in [0, 0.05) is 19.1 Å². The van der Waals surface area contributed by atoms with Crippen LogP contribution in [0.4, 0.5) is 5.69 Å². The minimum absolute atomic E-state index is 0.124. The third kappa shape index (κ3) is 4.19. The first kappa shape index (κ1) is 15.3. The van der Waals surface area contributed by atoms with E-state index in [4.69, 9.17) is 0 Å². The van der Waals surface area contributed by atoms with Gasteiger partial charge in [0.1, 0.15) is 4.90 Å². The molecule has 5 nitrogen and oxygen atoms in total. The van der Waals surface area contributed by atoms with Crippen molar-refractivity contribution in [1.29, 1.82) is 0 Å². The van der Waals surface area contributed by atoms with Crippen molar-refractivity contribution in [2.75, 3.05) is 32.0 Å². The van der Waals surface area contributed by atoms with Gasteiger partial charge in [-0.1, -0.05) is 19.1 Å². The number of hydrogen-bond donors (Lipinski definition) is 2. The Bertz CT molecular complexity index is 541. The van der Waals surface area contributed by atoms with Crippen molar-refractivity contribution in [2.45, 2.75) is 30.7 Å². The first-order valence-corrected chi connectivity index (χ1v) is 8.55. The van der Waals surface area contributed by atoms with E-state index in [1.807, 2.05) is 19.2 Å². The smallest absolute Gasteiger partial charge is 0.242 e. The topological polar surface area (TPSA) is 61.4 Å². The van der Waals surface area contributed by atoms with Crippen molar-refractivity contribution in [1.82, 2.24) is 9.62 Å². The molecule has 0 aromatic heterocycles. The van der Waals surface area contributed by atoms with Crippen molar-refractivity contribution in [3.05, 3.63) is 24.3 Å². The normalized spacial score (nSPS) is 15.6. The van der Waals surface area contributed by atoms with E-state index >= 15 is 0 Å². The van der Waals surface area contributed by atoms with Crippen LogP contribution < -0.4 is 10.0 Å². The Labute approximate surface area is 121 Å². The predicted molar refractivity (Wildman–Crippen MR) is 81.4 cm³/mol. The van der Waals surface area contributed by atoms with E-state index in [-0.39, 0.29) is 6.04 Å². The second-order valence-electron chi connectivity index (χ2n) is 5.21. The molecule has 0 radical (unpaired) electrons. The summed E-state index contributed by atoms with van der Waals surface area (Å²) in [5.41, 5.74) is 0.671. The zero-order chi connectivity index (χ0) is 14.6. The van der Waals surface area contributed by atoms with Crippen molar-refractivity contribution < 1.29 is 8.42 Å². The number of sulfonamides is 1. The standard InChI is InChI=1S/C14H23N3O2S/c1-3-17(2)11-10-15-13-6-4-5-7-14(13)20(18,19)16-12-8-9-12/h4-7,12,15-16H,3,8-11H2,1-2H3. The van der Waals surface area contributed by atoms with Gasteiger partial charge in [-0.2, -0.15) is 0 Å². The largest absolute Gasteiger partial charge is 0.383 e. The summed E-state index contributed by atoms with van der Waals surface area (Å²) in [5, 5.41) is 3.22. The van der Waals surface area contributed by atoms with Gasteiger partial charge in [0.05, 0.1) is 5.69 Å². The molecule has 0 aliphatic heterocycles. The lowest BCUT2D eigenvalue weighted by Gasteiger charge is -2.16. The number of hydrogen-bond acceptors (Lipinski definition) is 4. The molecule has 0 bridgehead atoms. The van der Waals surface area contributed by atoms with Gasteiger partial charge in [-0.25, -0.2) is 13.1 Å². The number of anilines is 1. The highest BCUT2D eigenvalue weighted by Gasteiger charge is 2.29. The summed E-state index contributed by atoms with van der Waals surface area (Å²) in [7, 11) is -1.37. The monoisotopic (exact) mass is 297 g/mol. The highest BCUT2D eigenvalue weighted by Crippen LogP contribution is 2.25. The first-order chi connectivity index (χ1) is 9.53. The van der Waals surface area contributed by atoms with E-state index in [1.54, 1.807) is 12.1 Å². The maximum Gasteiger partial charge on any atom is 0.242 e. The van der Waals surface area contributed by atoms with Crippen molar-refractivity contribution >= 4 is 15.7 Å². The predicted octanol–water partition coefficient (Wildman–Crippen LogP) is 1.49. The van der Waals surface area contributed by atoms with E-state index in [0.717, 1.165) is 32.5 Å². The first-order valence-electron chi connectivity index (χ1n) is 7.06. The van der Waals surface area contributed by atoms with Crippen LogP contribution in [0.5, 0.6) is 0 Å². The van der Waals surface area contributed by atoms with Crippen LogP contribution in [-0.4, -0.2) is 46.0 Å². The molecule has 1 aromatic rings. The highest BCUT2D eigenvalue weighted by molar-refractivity contribution is 7.89. The van der Waals surface area contributed by atoms with Crippen LogP contribution in [0.3, 0.4) is 0 Å². The molecule has 0 unspecified atom stereocenters. The van der Waals surface area contributed by atoms with Crippen molar-refractivity contribution in [2.24, 2.45) is 0 Å². The van der Waals surface area contributed by atoms with Crippen LogP contribution in [0, 0.1) is 0 Å². The number of para-hydroxylation sites is 1. The zero-order valence-corrected chi connectivity index (χ0v) is 12.9.